The Hall–Kier alpha value is -0.900. The normalized spacial score (nSPS) is 39.7. The van der Waals surface area contributed by atoms with E-state index in [-0.39, 0.29) is 5.92 Å². The van der Waals surface area contributed by atoms with Gasteiger partial charge in [0, 0.05) is 6.42 Å². The molecule has 31 heavy (non-hydrogen) atoms. The quantitative estimate of drug-likeness (QED) is 0.488. The van der Waals surface area contributed by atoms with E-state index >= 15 is 0 Å². The van der Waals surface area contributed by atoms with Crippen molar-refractivity contribution in [3.05, 3.63) is 35.5 Å². The van der Waals surface area contributed by atoms with Crippen LogP contribution in [0, 0.1) is 29.1 Å². The summed E-state index contributed by atoms with van der Waals surface area (Å²) in [6.07, 6.45) is 12.5. The number of rotatable bonds is 6. The average molecular weight is 431 g/mol. The molecule has 0 saturated heterocycles. The molecule has 3 fully saturated rings. The van der Waals surface area contributed by atoms with Gasteiger partial charge in [-0.1, -0.05) is 52.0 Å². The van der Waals surface area contributed by atoms with E-state index in [0.717, 1.165) is 30.4 Å². The Morgan fingerprint density at radius 2 is 1.90 bits per heavy atom. The van der Waals surface area contributed by atoms with Crippen LogP contribution in [0.2, 0.25) is 0 Å². The van der Waals surface area contributed by atoms with Gasteiger partial charge in [0.1, 0.15) is 0 Å². The minimum atomic E-state index is -0.621. The Bertz CT molecular complexity index is 716. The molecule has 0 spiro atoms. The predicted molar refractivity (Wildman–Crippen MR) is 129 cm³/mol. The summed E-state index contributed by atoms with van der Waals surface area (Å²) in [6.45, 7) is 15.2. The summed E-state index contributed by atoms with van der Waals surface area (Å²) in [7, 11) is 0. The lowest BCUT2D eigenvalue weighted by atomic mass is 9.60. The molecule has 0 aromatic rings. The molecule has 3 saturated carbocycles. The van der Waals surface area contributed by atoms with E-state index in [4.69, 9.17) is 0 Å². The second kappa shape index (κ2) is 9.53. The van der Waals surface area contributed by atoms with Crippen LogP contribution in [0.4, 0.5) is 0 Å². The molecule has 0 radical (unpaired) electrons. The number of aliphatic hydroxyl groups is 3. The Labute approximate surface area is 190 Å². The third-order valence-electron chi connectivity index (χ3n) is 9.34. The zero-order valence-electron chi connectivity index (χ0n) is 20.5. The van der Waals surface area contributed by atoms with Gasteiger partial charge in [-0.3, -0.25) is 0 Å². The molecule has 0 heterocycles. The van der Waals surface area contributed by atoms with Crippen LogP contribution in [0.15, 0.2) is 35.5 Å². The first-order valence-electron chi connectivity index (χ1n) is 12.6. The van der Waals surface area contributed by atoms with Gasteiger partial charge >= 0.3 is 0 Å². The first-order chi connectivity index (χ1) is 14.5. The Morgan fingerprint density at radius 1 is 1.19 bits per heavy atom. The van der Waals surface area contributed by atoms with Crippen molar-refractivity contribution in [3.8, 4) is 0 Å². The molecule has 1 unspecified atom stereocenters. The van der Waals surface area contributed by atoms with Gasteiger partial charge in [-0.15, -0.1) is 0 Å². The highest BCUT2D eigenvalue weighted by Gasteiger charge is 2.50. The molecule has 3 heteroatoms. The summed E-state index contributed by atoms with van der Waals surface area (Å²) in [5.74, 6) is 2.25. The lowest BCUT2D eigenvalue weighted by molar-refractivity contribution is -0.00642. The second-order valence-corrected chi connectivity index (χ2v) is 11.7. The molecule has 0 aromatic heterocycles. The summed E-state index contributed by atoms with van der Waals surface area (Å²) in [6, 6.07) is 0. The summed E-state index contributed by atoms with van der Waals surface area (Å²) in [4.78, 5) is 0. The van der Waals surface area contributed by atoms with Crippen LogP contribution in [0.1, 0.15) is 92.4 Å². The van der Waals surface area contributed by atoms with Crippen molar-refractivity contribution in [3.63, 3.8) is 0 Å². The van der Waals surface area contributed by atoms with Crippen molar-refractivity contribution in [2.45, 2.75) is 110 Å². The Balaban J connectivity index is 1.73. The van der Waals surface area contributed by atoms with Crippen LogP contribution in [0.25, 0.3) is 0 Å². The van der Waals surface area contributed by atoms with Gasteiger partial charge in [0.25, 0.3) is 0 Å². The monoisotopic (exact) mass is 430 g/mol. The van der Waals surface area contributed by atoms with E-state index in [9.17, 15) is 15.3 Å². The third kappa shape index (κ3) is 5.20. The van der Waals surface area contributed by atoms with Gasteiger partial charge in [0.05, 0.1) is 17.8 Å². The summed E-state index contributed by atoms with van der Waals surface area (Å²) >= 11 is 0. The van der Waals surface area contributed by atoms with Crippen LogP contribution in [-0.4, -0.2) is 33.1 Å². The fourth-order valence-corrected chi connectivity index (χ4v) is 6.69. The molecular formula is C28H46O3. The van der Waals surface area contributed by atoms with E-state index < -0.39 is 17.8 Å². The molecule has 3 aliphatic rings. The van der Waals surface area contributed by atoms with E-state index in [1.807, 2.05) is 6.92 Å². The fraction of sp³-hybridized carbons (Fsp3) is 0.786. The number of hydrogen-bond donors (Lipinski definition) is 3. The largest absolute Gasteiger partial charge is 0.393 e. The minimum absolute atomic E-state index is 0.287. The van der Waals surface area contributed by atoms with Crippen LogP contribution in [-0.2, 0) is 0 Å². The van der Waals surface area contributed by atoms with Gasteiger partial charge in [-0.05, 0) is 98.5 Å². The summed E-state index contributed by atoms with van der Waals surface area (Å²) in [5.41, 5.74) is 3.09. The Kier molecular flexibility index (Phi) is 7.61. The van der Waals surface area contributed by atoms with Crippen molar-refractivity contribution in [2.75, 3.05) is 0 Å². The van der Waals surface area contributed by atoms with Crippen LogP contribution < -0.4 is 0 Å². The molecular weight excluding hydrogens is 384 g/mol. The molecule has 3 rings (SSSR count). The van der Waals surface area contributed by atoms with Gasteiger partial charge in [0.2, 0.25) is 0 Å². The molecule has 3 aliphatic carbocycles. The maximum atomic E-state index is 10.7. The first kappa shape index (κ1) is 24.7. The maximum Gasteiger partial charge on any atom is 0.0811 e. The first-order valence-corrected chi connectivity index (χ1v) is 12.6. The third-order valence-corrected chi connectivity index (χ3v) is 9.34. The van der Waals surface area contributed by atoms with Crippen molar-refractivity contribution in [1.29, 1.82) is 0 Å². The average Bonchev–Trinajstić information content (AvgIpc) is 3.05. The summed E-state index contributed by atoms with van der Waals surface area (Å²) < 4.78 is 0. The molecule has 0 amide bonds. The van der Waals surface area contributed by atoms with E-state index in [1.165, 1.54) is 25.7 Å². The molecule has 7 atom stereocenters. The van der Waals surface area contributed by atoms with Gasteiger partial charge < -0.3 is 15.3 Å². The smallest absolute Gasteiger partial charge is 0.0811 e. The Morgan fingerprint density at radius 3 is 2.58 bits per heavy atom. The fourth-order valence-electron chi connectivity index (χ4n) is 6.69. The number of aliphatic hydroxyl groups excluding tert-OH is 2. The SMILES string of the molecule is C=C1/C(=C\C=C2/CCC[C@]3(C)[C@@H]([C@H](C)CCC(C)(O)C(C)C)CC[C@@H]23)C[C@@H](O)C[C@@H]1O. The predicted octanol–water partition coefficient (Wildman–Crippen LogP) is 5.95. The van der Waals surface area contributed by atoms with Gasteiger partial charge in [-0.2, -0.15) is 0 Å². The second-order valence-electron chi connectivity index (χ2n) is 11.7. The van der Waals surface area contributed by atoms with Gasteiger partial charge in [-0.25, -0.2) is 0 Å². The maximum absolute atomic E-state index is 10.7. The molecule has 0 aliphatic heterocycles. The van der Waals surface area contributed by atoms with Crippen molar-refractivity contribution >= 4 is 0 Å². The van der Waals surface area contributed by atoms with E-state index in [1.54, 1.807) is 5.57 Å². The zero-order chi connectivity index (χ0) is 23.0. The van der Waals surface area contributed by atoms with Crippen molar-refractivity contribution in [1.82, 2.24) is 0 Å². The summed E-state index contributed by atoms with van der Waals surface area (Å²) in [5, 5.41) is 30.9. The zero-order valence-corrected chi connectivity index (χ0v) is 20.5. The highest BCUT2D eigenvalue weighted by atomic mass is 16.3. The molecule has 3 nitrogen and oxygen atoms in total. The standard InChI is InChI=1S/C28H46O3/c1-18(2)28(6,31)15-13-19(3)24-11-12-25-21(8-7-14-27(24,25)5)9-10-22-16-23(29)17-26(30)20(22)4/h9-10,18-19,23-26,29-31H,4,7-8,11-17H2,1-3,5-6H3/b21-9+,22-10-/t19-,23-,24-,25+,26+,27-,28?/m1/s1. The van der Waals surface area contributed by atoms with E-state index in [0.29, 0.717) is 36.0 Å². The van der Waals surface area contributed by atoms with Crippen LogP contribution in [0.5, 0.6) is 0 Å². The number of hydrogen-bond acceptors (Lipinski definition) is 3. The minimum Gasteiger partial charge on any atom is -0.393 e. The van der Waals surface area contributed by atoms with Crippen LogP contribution >= 0.6 is 0 Å². The van der Waals surface area contributed by atoms with Crippen LogP contribution in [0.3, 0.4) is 0 Å². The lowest BCUT2D eigenvalue weighted by Crippen LogP contribution is -2.37. The van der Waals surface area contributed by atoms with Crippen molar-refractivity contribution < 1.29 is 15.3 Å². The highest BCUT2D eigenvalue weighted by Crippen LogP contribution is 2.60. The highest BCUT2D eigenvalue weighted by molar-refractivity contribution is 5.38. The van der Waals surface area contributed by atoms with E-state index in [2.05, 4.69) is 46.4 Å². The molecule has 0 aromatic carbocycles. The number of fused-ring (bicyclic) bond motifs is 1. The molecule has 3 N–H and O–H groups in total. The number of allylic oxidation sites excluding steroid dienone is 3. The molecule has 0 bridgehead atoms. The lowest BCUT2D eigenvalue weighted by Gasteiger charge is -2.45. The van der Waals surface area contributed by atoms with Gasteiger partial charge in [0.15, 0.2) is 0 Å². The molecule has 176 valence electrons. The topological polar surface area (TPSA) is 60.7 Å². The van der Waals surface area contributed by atoms with Crippen molar-refractivity contribution in [2.24, 2.45) is 29.1 Å².